The zero-order valence-corrected chi connectivity index (χ0v) is 67.1. The van der Waals surface area contributed by atoms with Gasteiger partial charge in [0.1, 0.15) is 25.4 Å². The molecule has 598 valence electrons. The Kier molecular flexibility index (Phi) is 74.7. The number of hydrogen-bond donors (Lipinski definition) is 4. The Labute approximate surface area is 637 Å². The summed E-state index contributed by atoms with van der Waals surface area (Å²) in [5.74, 6) is -1.62. The van der Waals surface area contributed by atoms with Gasteiger partial charge >= 0.3 is 33.6 Å². The molecule has 5 unspecified atom stereocenters. The summed E-state index contributed by atoms with van der Waals surface area (Å²) in [5.41, 5.74) is 0. The van der Waals surface area contributed by atoms with Crippen molar-refractivity contribution in [1.82, 2.24) is 0 Å². The van der Waals surface area contributed by atoms with E-state index in [0.717, 1.165) is 199 Å². The highest BCUT2D eigenvalue weighted by molar-refractivity contribution is 7.47. The van der Waals surface area contributed by atoms with Gasteiger partial charge in [0, 0.05) is 19.3 Å². The molecule has 5 atom stereocenters. The molecule has 0 aromatic heterocycles. The van der Waals surface area contributed by atoms with Crippen molar-refractivity contribution in [3.8, 4) is 0 Å². The molecule has 0 aromatic carbocycles. The summed E-state index contributed by atoms with van der Waals surface area (Å²) >= 11 is 0. The average Bonchev–Trinajstić information content (AvgIpc) is 0.941. The van der Waals surface area contributed by atoms with Crippen molar-refractivity contribution in [1.29, 1.82) is 0 Å². The van der Waals surface area contributed by atoms with Crippen LogP contribution in [0, 0.1) is 0 Å². The number of unbranched alkanes of at least 4 members (excludes halogenated alkanes) is 24. The van der Waals surface area contributed by atoms with E-state index >= 15 is 0 Å². The van der Waals surface area contributed by atoms with Gasteiger partial charge in [-0.25, -0.2) is 9.13 Å². The summed E-state index contributed by atoms with van der Waals surface area (Å²) in [6, 6.07) is 0. The number of phosphoric ester groups is 2. The third kappa shape index (κ3) is 79.8. The van der Waals surface area contributed by atoms with Crippen molar-refractivity contribution >= 4 is 33.6 Å². The molecule has 0 aliphatic rings. The van der Waals surface area contributed by atoms with Crippen LogP contribution in [0.3, 0.4) is 0 Å². The lowest BCUT2D eigenvalue weighted by Gasteiger charge is -2.21. The van der Waals surface area contributed by atoms with Crippen molar-refractivity contribution < 1.29 is 75.8 Å². The largest absolute Gasteiger partial charge is 0.472 e. The zero-order chi connectivity index (χ0) is 76.6. The topological polar surface area (TPSA) is 231 Å². The first-order valence-corrected chi connectivity index (χ1v) is 43.4. The smallest absolute Gasteiger partial charge is 0.463 e. The predicted octanol–water partition coefficient (Wildman–Crippen LogP) is 24.0. The Balaban J connectivity index is 4.68. The molecule has 0 fully saturated rings. The molecule has 0 rings (SSSR count). The number of carbonyl (C=O) groups excluding carboxylic acids is 3. The standard InChI is InChI=1S/C87H144O16P2/c1-4-7-10-13-16-19-22-25-28-31-34-36-38-39-40-41-43-45-47-49-52-55-58-61-64-67-70-73-85(90)97-76-82(88)77-99-104(93,94)100-78-83(89)79-101-105(95,96)102-81-84(103-87(92)75-72-69-66-63-60-57-54-51-46-33-30-27-24-21-18-15-12-9-6-3)80-98-86(91)74-71-68-65-62-59-56-53-50-48-44-42-37-35-32-29-26-23-20-17-14-11-8-5-2/h7,9-10,12,16-21,25-30,34-37,39-40,43-46,48,51,82-84,88-89H,4-6,8,11,13-15,22-24,31-33,38,41-42,47,49-50,52-81H2,1-3H3,(H,93,94)(H,95,96)/b10-7-,12-9-,19-16-,20-17-,21-18-,28-25-,29-26-,30-27-,36-34-,37-35-,40-39-,45-43-,48-44-,51-46-. The fourth-order valence-electron chi connectivity index (χ4n) is 10.3. The summed E-state index contributed by atoms with van der Waals surface area (Å²) < 4.78 is 61.2. The van der Waals surface area contributed by atoms with E-state index in [4.69, 9.17) is 32.3 Å². The first kappa shape index (κ1) is 99.9. The average molecular weight is 1510 g/mol. The highest BCUT2D eigenvalue weighted by Gasteiger charge is 2.29. The summed E-state index contributed by atoms with van der Waals surface area (Å²) in [7, 11) is -9.82. The molecular weight excluding hydrogens is 1360 g/mol. The maximum Gasteiger partial charge on any atom is 0.472 e. The number of hydrogen-bond acceptors (Lipinski definition) is 14. The molecule has 16 nitrogen and oxygen atoms in total. The Morgan fingerprint density at radius 2 is 0.505 bits per heavy atom. The molecule has 0 aromatic rings. The molecular formula is C87H144O16P2. The van der Waals surface area contributed by atoms with E-state index < -0.39 is 91.5 Å². The highest BCUT2D eigenvalue weighted by Crippen LogP contribution is 2.45. The van der Waals surface area contributed by atoms with Crippen LogP contribution in [0.4, 0.5) is 0 Å². The lowest BCUT2D eigenvalue weighted by molar-refractivity contribution is -0.161. The second-order valence-electron chi connectivity index (χ2n) is 26.5. The van der Waals surface area contributed by atoms with Gasteiger partial charge < -0.3 is 34.2 Å². The molecule has 0 saturated heterocycles. The maximum absolute atomic E-state index is 13.0. The molecule has 105 heavy (non-hydrogen) atoms. The number of rotatable bonds is 75. The second-order valence-corrected chi connectivity index (χ2v) is 29.4. The van der Waals surface area contributed by atoms with E-state index in [1.54, 1.807) is 0 Å². The van der Waals surface area contributed by atoms with E-state index in [0.29, 0.717) is 19.3 Å². The molecule has 18 heteroatoms. The number of ether oxygens (including phenoxy) is 3. The fourth-order valence-corrected chi connectivity index (χ4v) is 11.9. The van der Waals surface area contributed by atoms with Crippen LogP contribution in [0.1, 0.15) is 303 Å². The Hall–Kier alpha value is -5.09. The van der Waals surface area contributed by atoms with Crippen molar-refractivity contribution in [2.75, 3.05) is 39.6 Å². The predicted molar refractivity (Wildman–Crippen MR) is 435 cm³/mol. The van der Waals surface area contributed by atoms with Gasteiger partial charge in [-0.2, -0.15) is 0 Å². The minimum Gasteiger partial charge on any atom is -0.463 e. The van der Waals surface area contributed by atoms with Crippen molar-refractivity contribution in [3.05, 3.63) is 170 Å². The van der Waals surface area contributed by atoms with Crippen LogP contribution in [-0.4, -0.2) is 95.9 Å². The number of aliphatic hydroxyl groups excluding tert-OH is 2. The molecule has 0 spiro atoms. The van der Waals surface area contributed by atoms with Crippen molar-refractivity contribution in [3.63, 3.8) is 0 Å². The van der Waals surface area contributed by atoms with Crippen LogP contribution in [0.25, 0.3) is 0 Å². The summed E-state index contributed by atoms with van der Waals surface area (Å²) in [4.78, 5) is 58.8. The van der Waals surface area contributed by atoms with Gasteiger partial charge in [0.05, 0.1) is 26.4 Å². The van der Waals surface area contributed by atoms with Crippen LogP contribution >= 0.6 is 15.6 Å². The van der Waals surface area contributed by atoms with Crippen LogP contribution < -0.4 is 0 Å². The Morgan fingerprint density at radius 1 is 0.276 bits per heavy atom. The third-order valence-corrected chi connectivity index (χ3v) is 18.3. The molecule has 0 bridgehead atoms. The zero-order valence-electron chi connectivity index (χ0n) is 65.3. The summed E-state index contributed by atoms with van der Waals surface area (Å²) in [6.45, 7) is 2.39. The Morgan fingerprint density at radius 3 is 0.800 bits per heavy atom. The van der Waals surface area contributed by atoms with Gasteiger partial charge in [-0.3, -0.25) is 32.5 Å². The number of phosphoric acid groups is 2. The normalized spacial score (nSPS) is 14.8. The lowest BCUT2D eigenvalue weighted by atomic mass is 10.1. The summed E-state index contributed by atoms with van der Waals surface area (Å²) in [6.07, 6.45) is 99.5. The molecule has 0 radical (unpaired) electrons. The van der Waals surface area contributed by atoms with E-state index in [1.165, 1.54) is 44.9 Å². The van der Waals surface area contributed by atoms with Crippen LogP contribution in [-0.2, 0) is 55.8 Å². The van der Waals surface area contributed by atoms with Gasteiger partial charge in [-0.15, -0.1) is 0 Å². The Bertz CT molecular complexity index is 2590. The van der Waals surface area contributed by atoms with Crippen LogP contribution in [0.15, 0.2) is 170 Å². The lowest BCUT2D eigenvalue weighted by Crippen LogP contribution is -2.30. The second kappa shape index (κ2) is 78.5. The number of allylic oxidation sites excluding steroid dienone is 28. The van der Waals surface area contributed by atoms with Gasteiger partial charge in [0.25, 0.3) is 0 Å². The van der Waals surface area contributed by atoms with Crippen LogP contribution in [0.2, 0.25) is 0 Å². The number of aliphatic hydroxyl groups is 2. The van der Waals surface area contributed by atoms with Gasteiger partial charge in [-0.05, 0) is 154 Å². The number of carbonyl (C=O) groups is 3. The summed E-state index contributed by atoms with van der Waals surface area (Å²) in [5, 5.41) is 20.7. The maximum atomic E-state index is 13.0. The first-order valence-electron chi connectivity index (χ1n) is 40.4. The van der Waals surface area contributed by atoms with Gasteiger partial charge in [0.15, 0.2) is 6.10 Å². The highest BCUT2D eigenvalue weighted by atomic mass is 31.2. The van der Waals surface area contributed by atoms with E-state index in [9.17, 15) is 43.5 Å². The van der Waals surface area contributed by atoms with Crippen LogP contribution in [0.5, 0.6) is 0 Å². The first-order chi connectivity index (χ1) is 51.2. The molecule has 0 heterocycles. The minimum absolute atomic E-state index is 0.0800. The van der Waals surface area contributed by atoms with Gasteiger partial charge in [0.2, 0.25) is 0 Å². The fraction of sp³-hybridized carbons (Fsp3) is 0.644. The van der Waals surface area contributed by atoms with E-state index in [2.05, 4.69) is 191 Å². The molecule has 0 aliphatic heterocycles. The van der Waals surface area contributed by atoms with E-state index in [-0.39, 0.29) is 19.3 Å². The minimum atomic E-state index is -4.95. The molecule has 4 N–H and O–H groups in total. The van der Waals surface area contributed by atoms with Crippen molar-refractivity contribution in [2.45, 2.75) is 322 Å². The molecule has 0 saturated carbocycles. The van der Waals surface area contributed by atoms with Crippen molar-refractivity contribution in [2.24, 2.45) is 0 Å². The molecule has 0 aliphatic carbocycles. The monoisotopic (exact) mass is 1510 g/mol. The quantitative estimate of drug-likeness (QED) is 0.0146. The third-order valence-electron chi connectivity index (χ3n) is 16.4. The van der Waals surface area contributed by atoms with E-state index in [1.807, 2.05) is 0 Å². The SMILES string of the molecule is CC/C=C\C/C=C\C/C=C\C/C=C\C/C=C\C/C=C\CCCCCCCCCCC(=O)OCC(O)COP(=O)(O)OCC(O)COP(=O)(O)OCC(COC(=O)CCCCCCCCC/C=C\C/C=C\C/C=C\C/C=C\CCCCC)OC(=O)CCCCCCCC/C=C\C/C=C\C/C=C\C/C=C\CC. The molecule has 0 amide bonds. The van der Waals surface area contributed by atoms with Gasteiger partial charge in [-0.1, -0.05) is 300 Å². The number of esters is 3.